The third-order valence-electron chi connectivity index (χ3n) is 0.643. The Morgan fingerprint density at radius 3 is 2.50 bits per heavy atom. The first-order valence-electron chi connectivity index (χ1n) is 3.04. The molecule has 0 radical (unpaired) electrons. The van der Waals surface area contributed by atoms with Crippen molar-refractivity contribution < 1.29 is 16.2 Å². The zero-order chi connectivity index (χ0) is 8.20. The molecule has 2 N–H and O–H groups in total. The van der Waals surface area contributed by atoms with Crippen molar-refractivity contribution in [3.63, 3.8) is 0 Å². The maximum atomic E-state index is 10.6. The van der Waals surface area contributed by atoms with Crippen LogP contribution in [0.4, 0.5) is 0 Å². The van der Waals surface area contributed by atoms with Crippen molar-refractivity contribution in [1.82, 2.24) is 5.48 Å². The lowest BCUT2D eigenvalue weighted by Crippen LogP contribution is -2.30. The van der Waals surface area contributed by atoms with Crippen molar-refractivity contribution >= 4 is 5.97 Å². The van der Waals surface area contributed by atoms with Crippen LogP contribution in [0.3, 0.4) is 0 Å². The number of hydroxylamine groups is 1. The summed E-state index contributed by atoms with van der Waals surface area (Å²) in [6.07, 6.45) is 0. The third-order valence-corrected chi connectivity index (χ3v) is 0.643. The van der Waals surface area contributed by atoms with Gasteiger partial charge in [0, 0.05) is 1.43 Å². The van der Waals surface area contributed by atoms with Crippen LogP contribution < -0.4 is 5.48 Å². The summed E-state index contributed by atoms with van der Waals surface area (Å²) in [4.78, 5) is 10.6. The molecule has 0 fully saturated rings. The van der Waals surface area contributed by atoms with E-state index in [-0.39, 0.29) is 7.97 Å². The Morgan fingerprint density at radius 1 is 1.70 bits per heavy atom. The number of carbonyl (C=O) groups excluding carboxylic acids is 1. The Hall–Kier alpha value is -0.610. The summed E-state index contributed by atoms with van der Waals surface area (Å²) in [7, 11) is 0. The second kappa shape index (κ2) is 3.53. The van der Waals surface area contributed by atoms with E-state index in [0.717, 1.165) is 0 Å². The Bertz CT molecular complexity index is 121. The van der Waals surface area contributed by atoms with Gasteiger partial charge in [0.05, 0.1) is 0 Å². The summed E-state index contributed by atoms with van der Waals surface area (Å²) >= 11 is 0. The molecule has 0 aromatic rings. The highest BCUT2D eigenvalue weighted by Crippen LogP contribution is 2.05. The van der Waals surface area contributed by atoms with Crippen molar-refractivity contribution in [3.05, 3.63) is 0 Å². The lowest BCUT2D eigenvalue weighted by atomic mass is 10.2. The fourth-order valence-electron chi connectivity index (χ4n) is 0.442. The molecule has 0 heterocycles. The maximum Gasteiger partial charge on any atom is 0.322 e. The molecule has 0 aliphatic heterocycles. The normalized spacial score (nSPS) is 11.2. The van der Waals surface area contributed by atoms with E-state index in [2.05, 4.69) is 0 Å². The van der Waals surface area contributed by atoms with Crippen LogP contribution in [0, 0.1) is 0 Å². The average molecular weight is 149 g/mol. The van der Waals surface area contributed by atoms with Gasteiger partial charge in [0.2, 0.25) is 0 Å². The Morgan fingerprint density at radius 2 is 2.20 bits per heavy atom. The van der Waals surface area contributed by atoms with Gasteiger partial charge in [-0.15, -0.1) is 0 Å². The van der Waals surface area contributed by atoms with Crippen LogP contribution in [0.5, 0.6) is 0 Å². The number of esters is 1. The molecule has 62 valence electrons. The highest BCUT2D eigenvalue weighted by atomic mass is 16.6. The Labute approximate surface area is 61.6 Å². The Balaban J connectivity index is 0. The predicted molar refractivity (Wildman–Crippen MR) is 37.7 cm³/mol. The zero-order valence-corrected chi connectivity index (χ0v) is 6.47. The van der Waals surface area contributed by atoms with E-state index in [4.69, 9.17) is 9.94 Å². The molecule has 4 nitrogen and oxygen atoms in total. The van der Waals surface area contributed by atoms with Gasteiger partial charge in [0.15, 0.2) is 0 Å². The molecule has 0 aromatic carbocycles. The Kier molecular flexibility index (Phi) is 3.32. The van der Waals surface area contributed by atoms with Gasteiger partial charge < -0.3 is 9.94 Å². The van der Waals surface area contributed by atoms with Crippen LogP contribution in [0.2, 0.25) is 0 Å². The van der Waals surface area contributed by atoms with E-state index in [1.165, 1.54) is 0 Å². The largest absolute Gasteiger partial charge is 0.459 e. The van der Waals surface area contributed by atoms with E-state index in [1.54, 1.807) is 26.3 Å². The highest BCUT2D eigenvalue weighted by molar-refractivity contribution is 5.71. The lowest BCUT2D eigenvalue weighted by molar-refractivity contribution is -0.155. The van der Waals surface area contributed by atoms with Crippen molar-refractivity contribution in [2.75, 3.05) is 6.54 Å². The minimum Gasteiger partial charge on any atom is -0.459 e. The molecule has 0 rings (SSSR count). The predicted octanol–water partition coefficient (Wildman–Crippen LogP) is 0.553. The zero-order valence-electron chi connectivity index (χ0n) is 6.47. The molecular weight excluding hydrogens is 134 g/mol. The van der Waals surface area contributed by atoms with E-state index in [0.29, 0.717) is 0 Å². The van der Waals surface area contributed by atoms with Crippen molar-refractivity contribution in [2.45, 2.75) is 26.4 Å². The number of hydrogen-bond acceptors (Lipinski definition) is 4. The molecule has 0 aromatic heterocycles. The van der Waals surface area contributed by atoms with Gasteiger partial charge in [0.25, 0.3) is 0 Å². The second-order valence-corrected chi connectivity index (χ2v) is 2.92. The van der Waals surface area contributed by atoms with Crippen molar-refractivity contribution in [2.24, 2.45) is 0 Å². The number of ether oxygens (including phenoxy) is 1. The average Bonchev–Trinajstić information content (AvgIpc) is 1.59. The van der Waals surface area contributed by atoms with Crippen LogP contribution in [0.25, 0.3) is 0 Å². The number of nitrogens with one attached hydrogen (secondary N) is 1. The lowest BCUT2D eigenvalue weighted by Gasteiger charge is -2.18. The first-order chi connectivity index (χ1) is 4.45. The van der Waals surface area contributed by atoms with Gasteiger partial charge in [-0.3, -0.25) is 4.79 Å². The van der Waals surface area contributed by atoms with Crippen LogP contribution >= 0.6 is 0 Å². The second-order valence-electron chi connectivity index (χ2n) is 2.92. The summed E-state index contributed by atoms with van der Waals surface area (Å²) in [6.45, 7) is 5.13. The van der Waals surface area contributed by atoms with Gasteiger partial charge in [-0.25, -0.2) is 0 Å². The van der Waals surface area contributed by atoms with Crippen molar-refractivity contribution in [3.8, 4) is 0 Å². The topological polar surface area (TPSA) is 58.6 Å². The first kappa shape index (κ1) is 9.39. The first-order valence-corrected chi connectivity index (χ1v) is 3.04. The SMILES string of the molecule is CC(C)(C)OC(=O)CNO.[HH]. The monoisotopic (exact) mass is 149 g/mol. The van der Waals surface area contributed by atoms with Gasteiger partial charge in [-0.05, 0) is 20.8 Å². The summed E-state index contributed by atoms with van der Waals surface area (Å²) in [5, 5.41) is 8.08. The van der Waals surface area contributed by atoms with E-state index < -0.39 is 11.6 Å². The van der Waals surface area contributed by atoms with Crippen LogP contribution in [0.1, 0.15) is 22.2 Å². The molecule has 4 heteroatoms. The van der Waals surface area contributed by atoms with Crippen LogP contribution in [0.15, 0.2) is 0 Å². The minimum absolute atomic E-state index is 0. The molecule has 0 amide bonds. The summed E-state index contributed by atoms with van der Waals surface area (Å²) in [5.74, 6) is -0.463. The molecule has 0 aliphatic rings. The van der Waals surface area contributed by atoms with Gasteiger partial charge in [-0.1, -0.05) is 0 Å². The fourth-order valence-corrected chi connectivity index (χ4v) is 0.442. The quantitative estimate of drug-likeness (QED) is 0.444. The molecule has 0 spiro atoms. The smallest absolute Gasteiger partial charge is 0.322 e. The molecule has 0 saturated carbocycles. The van der Waals surface area contributed by atoms with Crippen LogP contribution in [-0.4, -0.2) is 23.3 Å². The third kappa shape index (κ3) is 5.53. The molecule has 0 aliphatic carbocycles. The molecule has 0 unspecified atom stereocenters. The summed E-state index contributed by atoms with van der Waals surface area (Å²) < 4.78 is 4.82. The van der Waals surface area contributed by atoms with Gasteiger partial charge >= 0.3 is 5.97 Å². The maximum absolute atomic E-state index is 10.6. The van der Waals surface area contributed by atoms with E-state index >= 15 is 0 Å². The fraction of sp³-hybridized carbons (Fsp3) is 0.833. The molecular formula is C6H15NO3. The van der Waals surface area contributed by atoms with E-state index in [1.807, 2.05) is 0 Å². The molecule has 10 heavy (non-hydrogen) atoms. The molecule has 0 saturated heterocycles. The van der Waals surface area contributed by atoms with Gasteiger partial charge in [-0.2, -0.15) is 5.48 Å². The van der Waals surface area contributed by atoms with E-state index in [9.17, 15) is 4.79 Å². The standard InChI is InChI=1S/C6H13NO3.H2/c1-6(2,3)10-5(8)4-7-9;/h7,9H,4H2,1-3H3;1H. The van der Waals surface area contributed by atoms with Crippen LogP contribution in [-0.2, 0) is 9.53 Å². The van der Waals surface area contributed by atoms with Gasteiger partial charge in [0.1, 0.15) is 12.1 Å². The summed E-state index contributed by atoms with van der Waals surface area (Å²) in [6, 6.07) is 0. The number of hydrogen-bond donors (Lipinski definition) is 2. The van der Waals surface area contributed by atoms with Crippen molar-refractivity contribution in [1.29, 1.82) is 0 Å². The molecule has 0 bridgehead atoms. The summed E-state index contributed by atoms with van der Waals surface area (Å²) in [5.41, 5.74) is 1.24. The number of rotatable bonds is 2. The number of carbonyl (C=O) groups is 1. The minimum atomic E-state index is -0.478. The molecule has 0 atom stereocenters. The highest BCUT2D eigenvalue weighted by Gasteiger charge is 2.14.